The lowest BCUT2D eigenvalue weighted by molar-refractivity contribution is -0.122. The number of para-hydroxylation sites is 1. The zero-order valence-electron chi connectivity index (χ0n) is 13.7. The Morgan fingerprint density at radius 3 is 2.61 bits per heavy atom. The van der Waals surface area contributed by atoms with Crippen molar-refractivity contribution in [1.29, 1.82) is 0 Å². The van der Waals surface area contributed by atoms with E-state index in [1.54, 1.807) is 12.1 Å². The molecule has 0 spiro atoms. The van der Waals surface area contributed by atoms with E-state index < -0.39 is 0 Å². The lowest BCUT2D eigenvalue weighted by Gasteiger charge is -2.31. The van der Waals surface area contributed by atoms with Gasteiger partial charge in [-0.15, -0.1) is 0 Å². The third-order valence-corrected chi connectivity index (χ3v) is 4.07. The summed E-state index contributed by atoms with van der Waals surface area (Å²) in [6, 6.07) is 7.22. The van der Waals surface area contributed by atoms with Crippen LogP contribution in [0.3, 0.4) is 0 Å². The molecule has 1 aromatic rings. The maximum Gasteiger partial charge on any atom is 0.253 e. The summed E-state index contributed by atoms with van der Waals surface area (Å²) in [5.74, 6) is -0.0476. The van der Waals surface area contributed by atoms with Gasteiger partial charge in [-0.25, -0.2) is 0 Å². The number of benzene rings is 1. The standard InChI is InChI=1S/C17H26N4O2/c1-2-9-19-16(22)12-21-10-7-13(8-11-21)20-17(23)14-5-3-4-6-15(14)18/h3-6,13H,2,7-12,18H2,1H3,(H,19,22)(H,20,23). The molecule has 6 heteroatoms. The minimum Gasteiger partial charge on any atom is -0.398 e. The molecule has 1 aliphatic heterocycles. The second-order valence-electron chi connectivity index (χ2n) is 5.96. The fraction of sp³-hybridized carbons (Fsp3) is 0.529. The molecular weight excluding hydrogens is 292 g/mol. The van der Waals surface area contributed by atoms with Crippen molar-refractivity contribution in [3.8, 4) is 0 Å². The summed E-state index contributed by atoms with van der Waals surface area (Å²) < 4.78 is 0. The first-order valence-electron chi connectivity index (χ1n) is 8.24. The molecule has 0 aromatic heterocycles. The number of rotatable bonds is 6. The van der Waals surface area contributed by atoms with Crippen LogP contribution in [0.4, 0.5) is 5.69 Å². The molecule has 126 valence electrons. The van der Waals surface area contributed by atoms with Gasteiger partial charge < -0.3 is 16.4 Å². The number of anilines is 1. The van der Waals surface area contributed by atoms with Crippen molar-refractivity contribution < 1.29 is 9.59 Å². The average Bonchev–Trinajstić information content (AvgIpc) is 2.55. The van der Waals surface area contributed by atoms with Crippen LogP contribution in [0.15, 0.2) is 24.3 Å². The third-order valence-electron chi connectivity index (χ3n) is 4.07. The normalized spacial score (nSPS) is 16.0. The second-order valence-corrected chi connectivity index (χ2v) is 5.96. The first-order valence-corrected chi connectivity index (χ1v) is 8.24. The fourth-order valence-electron chi connectivity index (χ4n) is 2.73. The number of hydrogen-bond acceptors (Lipinski definition) is 4. The Hall–Kier alpha value is -2.08. The zero-order valence-corrected chi connectivity index (χ0v) is 13.7. The molecule has 1 heterocycles. The van der Waals surface area contributed by atoms with Gasteiger partial charge in [0, 0.05) is 31.4 Å². The van der Waals surface area contributed by atoms with Crippen LogP contribution in [0.1, 0.15) is 36.5 Å². The number of nitrogens with zero attached hydrogens (tertiary/aromatic N) is 1. The summed E-state index contributed by atoms with van der Waals surface area (Å²) in [5.41, 5.74) is 6.85. The molecule has 4 N–H and O–H groups in total. The molecule has 0 radical (unpaired) electrons. The van der Waals surface area contributed by atoms with E-state index in [0.717, 1.165) is 38.9 Å². The molecule has 2 rings (SSSR count). The maximum atomic E-state index is 12.2. The van der Waals surface area contributed by atoms with Crippen LogP contribution < -0.4 is 16.4 Å². The first-order chi connectivity index (χ1) is 11.1. The number of nitrogen functional groups attached to an aromatic ring is 1. The van der Waals surface area contributed by atoms with Gasteiger partial charge in [0.2, 0.25) is 5.91 Å². The number of carbonyl (C=O) groups is 2. The lowest BCUT2D eigenvalue weighted by Crippen LogP contribution is -2.47. The molecule has 6 nitrogen and oxygen atoms in total. The van der Waals surface area contributed by atoms with Crippen LogP contribution in [0.25, 0.3) is 0 Å². The van der Waals surface area contributed by atoms with E-state index in [1.165, 1.54) is 0 Å². The minimum atomic E-state index is -0.123. The van der Waals surface area contributed by atoms with Crippen LogP contribution in [-0.4, -0.2) is 48.9 Å². The molecular formula is C17H26N4O2. The number of amides is 2. The molecule has 23 heavy (non-hydrogen) atoms. The van der Waals surface area contributed by atoms with Crippen molar-refractivity contribution in [2.24, 2.45) is 0 Å². The summed E-state index contributed by atoms with van der Waals surface area (Å²) in [7, 11) is 0. The monoisotopic (exact) mass is 318 g/mol. The first kappa shape index (κ1) is 17.3. The summed E-state index contributed by atoms with van der Waals surface area (Å²) in [4.78, 5) is 26.1. The van der Waals surface area contributed by atoms with Crippen molar-refractivity contribution in [3.63, 3.8) is 0 Å². The summed E-state index contributed by atoms with van der Waals surface area (Å²) in [5, 5.41) is 5.92. The highest BCUT2D eigenvalue weighted by molar-refractivity contribution is 5.99. The van der Waals surface area contributed by atoms with Crippen molar-refractivity contribution in [2.45, 2.75) is 32.2 Å². The Bertz CT molecular complexity index is 539. The molecule has 1 aliphatic rings. The van der Waals surface area contributed by atoms with Crippen LogP contribution in [0, 0.1) is 0 Å². The van der Waals surface area contributed by atoms with E-state index in [9.17, 15) is 9.59 Å². The van der Waals surface area contributed by atoms with Crippen molar-refractivity contribution in [2.75, 3.05) is 31.9 Å². The molecule has 1 saturated heterocycles. The predicted octanol–water partition coefficient (Wildman–Crippen LogP) is 0.989. The number of likely N-dealkylation sites (tertiary alicyclic amines) is 1. The van der Waals surface area contributed by atoms with E-state index in [1.807, 2.05) is 19.1 Å². The minimum absolute atomic E-state index is 0.0754. The number of hydrogen-bond donors (Lipinski definition) is 3. The fourth-order valence-corrected chi connectivity index (χ4v) is 2.73. The van der Waals surface area contributed by atoms with E-state index in [4.69, 9.17) is 5.73 Å². The number of nitrogens with two attached hydrogens (primary N) is 1. The van der Waals surface area contributed by atoms with Gasteiger partial charge in [-0.3, -0.25) is 14.5 Å². The van der Waals surface area contributed by atoms with Crippen LogP contribution in [-0.2, 0) is 4.79 Å². The predicted molar refractivity (Wildman–Crippen MR) is 91.1 cm³/mol. The van der Waals surface area contributed by atoms with E-state index >= 15 is 0 Å². The highest BCUT2D eigenvalue weighted by atomic mass is 16.2. The van der Waals surface area contributed by atoms with Gasteiger partial charge in [0.15, 0.2) is 0 Å². The molecule has 2 amide bonds. The Balaban J connectivity index is 1.75. The van der Waals surface area contributed by atoms with Crippen molar-refractivity contribution in [3.05, 3.63) is 29.8 Å². The number of piperidine rings is 1. The Kier molecular flexibility index (Phi) is 6.40. The molecule has 0 atom stereocenters. The van der Waals surface area contributed by atoms with Crippen molar-refractivity contribution >= 4 is 17.5 Å². The Labute approximate surface area is 137 Å². The molecule has 1 aromatic carbocycles. The van der Waals surface area contributed by atoms with Crippen LogP contribution in [0.5, 0.6) is 0 Å². The molecule has 0 bridgehead atoms. The maximum absolute atomic E-state index is 12.2. The van der Waals surface area contributed by atoms with Gasteiger partial charge in [0.05, 0.1) is 12.1 Å². The van der Waals surface area contributed by atoms with Gasteiger partial charge in [-0.1, -0.05) is 19.1 Å². The summed E-state index contributed by atoms with van der Waals surface area (Å²) in [6.07, 6.45) is 2.64. The summed E-state index contributed by atoms with van der Waals surface area (Å²) in [6.45, 7) is 4.83. The highest BCUT2D eigenvalue weighted by Gasteiger charge is 2.22. The topological polar surface area (TPSA) is 87.5 Å². The quantitative estimate of drug-likeness (QED) is 0.683. The van der Waals surface area contributed by atoms with Gasteiger partial charge in [0.1, 0.15) is 0 Å². The third kappa shape index (κ3) is 5.25. The lowest BCUT2D eigenvalue weighted by atomic mass is 10.0. The van der Waals surface area contributed by atoms with Crippen LogP contribution in [0.2, 0.25) is 0 Å². The zero-order chi connectivity index (χ0) is 16.7. The number of carbonyl (C=O) groups excluding carboxylic acids is 2. The van der Waals surface area contributed by atoms with Gasteiger partial charge in [0.25, 0.3) is 5.91 Å². The Morgan fingerprint density at radius 1 is 1.26 bits per heavy atom. The van der Waals surface area contributed by atoms with Gasteiger partial charge in [-0.05, 0) is 31.4 Å². The van der Waals surface area contributed by atoms with Gasteiger partial charge >= 0.3 is 0 Å². The SMILES string of the molecule is CCCNC(=O)CN1CCC(NC(=O)c2ccccc2N)CC1. The Morgan fingerprint density at radius 2 is 1.96 bits per heavy atom. The van der Waals surface area contributed by atoms with E-state index in [2.05, 4.69) is 15.5 Å². The second kappa shape index (κ2) is 8.53. The molecule has 0 aliphatic carbocycles. The van der Waals surface area contributed by atoms with Gasteiger partial charge in [-0.2, -0.15) is 0 Å². The molecule has 1 fully saturated rings. The van der Waals surface area contributed by atoms with E-state index in [-0.39, 0.29) is 17.9 Å². The van der Waals surface area contributed by atoms with E-state index in [0.29, 0.717) is 17.8 Å². The average molecular weight is 318 g/mol. The van der Waals surface area contributed by atoms with Crippen LogP contribution >= 0.6 is 0 Å². The molecule has 0 unspecified atom stereocenters. The van der Waals surface area contributed by atoms with Crippen molar-refractivity contribution in [1.82, 2.24) is 15.5 Å². The summed E-state index contributed by atoms with van der Waals surface area (Å²) >= 11 is 0. The number of nitrogens with one attached hydrogen (secondary N) is 2. The smallest absolute Gasteiger partial charge is 0.253 e. The molecule has 0 saturated carbocycles. The largest absolute Gasteiger partial charge is 0.398 e. The highest BCUT2D eigenvalue weighted by Crippen LogP contribution is 2.14.